The van der Waals surface area contributed by atoms with Crippen molar-refractivity contribution in [2.45, 2.75) is 84.6 Å². The molecular formula is C16H35NS. The molecule has 18 heavy (non-hydrogen) atoms. The Hall–Kier alpha value is 0.310. The van der Waals surface area contributed by atoms with Crippen molar-refractivity contribution >= 4 is 11.8 Å². The van der Waals surface area contributed by atoms with E-state index in [1.165, 1.54) is 69.3 Å². The molecule has 0 heterocycles. The molecule has 0 aromatic heterocycles. The van der Waals surface area contributed by atoms with Gasteiger partial charge in [-0.05, 0) is 25.1 Å². The predicted octanol–water partition coefficient (Wildman–Crippen LogP) is 5.25. The van der Waals surface area contributed by atoms with Crippen LogP contribution in [-0.4, -0.2) is 24.1 Å². The van der Waals surface area contributed by atoms with E-state index in [0.717, 1.165) is 12.6 Å². The first-order chi connectivity index (χ1) is 8.85. The highest BCUT2D eigenvalue weighted by atomic mass is 32.2. The van der Waals surface area contributed by atoms with Crippen LogP contribution in [0.2, 0.25) is 0 Å². The van der Waals surface area contributed by atoms with E-state index in [2.05, 4.69) is 37.8 Å². The maximum Gasteiger partial charge on any atom is 0.0158 e. The van der Waals surface area contributed by atoms with Crippen LogP contribution >= 0.6 is 11.8 Å². The van der Waals surface area contributed by atoms with E-state index >= 15 is 0 Å². The first kappa shape index (κ1) is 18.3. The summed E-state index contributed by atoms with van der Waals surface area (Å²) in [5.74, 6) is 2.62. The molecule has 0 aliphatic heterocycles. The molecule has 1 N–H and O–H groups in total. The van der Waals surface area contributed by atoms with Crippen molar-refractivity contribution in [3.63, 3.8) is 0 Å². The molecule has 0 rings (SSSR count). The summed E-state index contributed by atoms with van der Waals surface area (Å²) >= 11 is 2.11. The molecule has 0 aliphatic carbocycles. The van der Waals surface area contributed by atoms with Crippen LogP contribution in [0, 0.1) is 0 Å². The molecule has 1 atom stereocenters. The van der Waals surface area contributed by atoms with Gasteiger partial charge in [0.25, 0.3) is 0 Å². The zero-order chi connectivity index (χ0) is 13.5. The lowest BCUT2D eigenvalue weighted by Crippen LogP contribution is -2.31. The fourth-order valence-corrected chi connectivity index (χ4v) is 3.28. The van der Waals surface area contributed by atoms with E-state index in [1.54, 1.807) is 0 Å². The Labute approximate surface area is 120 Å². The quantitative estimate of drug-likeness (QED) is 0.434. The number of hydrogen-bond acceptors (Lipinski definition) is 2. The number of rotatable bonds is 14. The van der Waals surface area contributed by atoms with Crippen molar-refractivity contribution in [2.75, 3.05) is 18.1 Å². The van der Waals surface area contributed by atoms with Crippen molar-refractivity contribution in [2.24, 2.45) is 0 Å². The van der Waals surface area contributed by atoms with E-state index in [9.17, 15) is 0 Å². The molecule has 0 aromatic rings. The van der Waals surface area contributed by atoms with Gasteiger partial charge in [0.15, 0.2) is 0 Å². The van der Waals surface area contributed by atoms with Crippen LogP contribution in [0.5, 0.6) is 0 Å². The summed E-state index contributed by atoms with van der Waals surface area (Å²) in [6, 6.07) is 0.752. The van der Waals surface area contributed by atoms with Gasteiger partial charge in [-0.15, -0.1) is 0 Å². The number of hydrogen-bond donors (Lipinski definition) is 1. The topological polar surface area (TPSA) is 12.0 Å². The second-order valence-corrected chi connectivity index (χ2v) is 6.39. The van der Waals surface area contributed by atoms with Crippen LogP contribution in [0.1, 0.15) is 78.6 Å². The molecular weight excluding hydrogens is 238 g/mol. The van der Waals surface area contributed by atoms with E-state index < -0.39 is 0 Å². The Bertz CT molecular complexity index is 150. The third kappa shape index (κ3) is 12.8. The van der Waals surface area contributed by atoms with Gasteiger partial charge in [0, 0.05) is 11.8 Å². The SMILES string of the molecule is CCCCCCCCCC(CSCCC)NCC. The molecule has 0 saturated heterocycles. The smallest absolute Gasteiger partial charge is 0.0158 e. The number of unbranched alkanes of at least 4 members (excludes halogenated alkanes) is 6. The summed E-state index contributed by atoms with van der Waals surface area (Å²) < 4.78 is 0. The Morgan fingerprint density at radius 1 is 0.833 bits per heavy atom. The fourth-order valence-electron chi connectivity index (χ4n) is 2.25. The monoisotopic (exact) mass is 273 g/mol. The lowest BCUT2D eigenvalue weighted by Gasteiger charge is -2.17. The minimum Gasteiger partial charge on any atom is -0.313 e. The third-order valence-electron chi connectivity index (χ3n) is 3.32. The Morgan fingerprint density at radius 3 is 2.11 bits per heavy atom. The number of nitrogens with one attached hydrogen (secondary N) is 1. The normalized spacial score (nSPS) is 12.8. The largest absolute Gasteiger partial charge is 0.313 e. The molecule has 0 spiro atoms. The van der Waals surface area contributed by atoms with Gasteiger partial charge in [0.05, 0.1) is 0 Å². The minimum atomic E-state index is 0.752. The van der Waals surface area contributed by atoms with Crippen molar-refractivity contribution in [3.05, 3.63) is 0 Å². The molecule has 1 unspecified atom stereocenters. The van der Waals surface area contributed by atoms with Gasteiger partial charge in [0.2, 0.25) is 0 Å². The van der Waals surface area contributed by atoms with Gasteiger partial charge in [0.1, 0.15) is 0 Å². The summed E-state index contributed by atoms with van der Waals surface area (Å²) in [6.45, 7) is 7.90. The average Bonchev–Trinajstić information content (AvgIpc) is 2.38. The fraction of sp³-hybridized carbons (Fsp3) is 1.00. The molecule has 110 valence electrons. The van der Waals surface area contributed by atoms with Crippen LogP contribution in [0.15, 0.2) is 0 Å². The second kappa shape index (κ2) is 15.4. The Kier molecular flexibility index (Phi) is 15.6. The molecule has 0 aliphatic rings. The lowest BCUT2D eigenvalue weighted by molar-refractivity contribution is 0.492. The van der Waals surface area contributed by atoms with Gasteiger partial charge in [-0.1, -0.05) is 65.7 Å². The summed E-state index contributed by atoms with van der Waals surface area (Å²) in [5, 5.41) is 3.63. The van der Waals surface area contributed by atoms with Gasteiger partial charge in [-0.3, -0.25) is 0 Å². The molecule has 0 radical (unpaired) electrons. The minimum absolute atomic E-state index is 0.752. The third-order valence-corrected chi connectivity index (χ3v) is 4.65. The molecule has 1 nitrogen and oxygen atoms in total. The Balaban J connectivity index is 3.39. The highest BCUT2D eigenvalue weighted by Gasteiger charge is 2.06. The molecule has 0 fully saturated rings. The van der Waals surface area contributed by atoms with Crippen LogP contribution < -0.4 is 5.32 Å². The second-order valence-electron chi connectivity index (χ2n) is 5.24. The molecule has 0 bridgehead atoms. The summed E-state index contributed by atoms with van der Waals surface area (Å²) in [5.41, 5.74) is 0. The van der Waals surface area contributed by atoms with Crippen LogP contribution in [0.3, 0.4) is 0 Å². The first-order valence-electron chi connectivity index (χ1n) is 8.16. The Morgan fingerprint density at radius 2 is 1.50 bits per heavy atom. The lowest BCUT2D eigenvalue weighted by atomic mass is 10.1. The van der Waals surface area contributed by atoms with E-state index in [4.69, 9.17) is 0 Å². The molecule has 0 aromatic carbocycles. The van der Waals surface area contributed by atoms with E-state index in [-0.39, 0.29) is 0 Å². The summed E-state index contributed by atoms with van der Waals surface area (Å²) in [6.07, 6.45) is 12.6. The molecule has 0 amide bonds. The maximum atomic E-state index is 3.63. The van der Waals surface area contributed by atoms with Crippen LogP contribution in [0.4, 0.5) is 0 Å². The first-order valence-corrected chi connectivity index (χ1v) is 9.31. The standard InChI is InChI=1S/C16H35NS/c1-4-7-8-9-10-11-12-13-16(17-6-3)15-18-14-5-2/h16-17H,4-15H2,1-3H3. The highest BCUT2D eigenvalue weighted by molar-refractivity contribution is 7.99. The summed E-state index contributed by atoms with van der Waals surface area (Å²) in [4.78, 5) is 0. The molecule has 2 heteroatoms. The van der Waals surface area contributed by atoms with Crippen molar-refractivity contribution in [1.29, 1.82) is 0 Å². The summed E-state index contributed by atoms with van der Waals surface area (Å²) in [7, 11) is 0. The maximum absolute atomic E-state index is 3.63. The van der Waals surface area contributed by atoms with E-state index in [1.807, 2.05) is 0 Å². The van der Waals surface area contributed by atoms with Crippen LogP contribution in [-0.2, 0) is 0 Å². The van der Waals surface area contributed by atoms with Crippen molar-refractivity contribution < 1.29 is 0 Å². The van der Waals surface area contributed by atoms with Crippen LogP contribution in [0.25, 0.3) is 0 Å². The predicted molar refractivity (Wildman–Crippen MR) is 87.7 cm³/mol. The van der Waals surface area contributed by atoms with Gasteiger partial charge in [-0.2, -0.15) is 11.8 Å². The average molecular weight is 274 g/mol. The number of thioether (sulfide) groups is 1. The van der Waals surface area contributed by atoms with Gasteiger partial charge in [-0.25, -0.2) is 0 Å². The molecule has 0 saturated carbocycles. The van der Waals surface area contributed by atoms with Gasteiger partial charge >= 0.3 is 0 Å². The van der Waals surface area contributed by atoms with Crippen molar-refractivity contribution in [1.82, 2.24) is 5.32 Å². The van der Waals surface area contributed by atoms with Crippen molar-refractivity contribution in [3.8, 4) is 0 Å². The highest BCUT2D eigenvalue weighted by Crippen LogP contribution is 2.13. The zero-order valence-corrected chi connectivity index (χ0v) is 13.8. The van der Waals surface area contributed by atoms with Gasteiger partial charge < -0.3 is 5.32 Å². The zero-order valence-electron chi connectivity index (χ0n) is 13.0. The van der Waals surface area contributed by atoms with E-state index in [0.29, 0.717) is 0 Å².